The van der Waals surface area contributed by atoms with Crippen molar-refractivity contribution in [1.29, 1.82) is 0 Å². The van der Waals surface area contributed by atoms with Crippen LogP contribution in [0.5, 0.6) is 0 Å². The van der Waals surface area contributed by atoms with Crippen molar-refractivity contribution in [2.24, 2.45) is 7.05 Å². The molecule has 0 fully saturated rings. The number of hydrogen-bond acceptors (Lipinski definition) is 4. The predicted octanol–water partition coefficient (Wildman–Crippen LogP) is 4.00. The van der Waals surface area contributed by atoms with E-state index in [4.69, 9.17) is 11.6 Å². The van der Waals surface area contributed by atoms with Crippen LogP contribution >= 0.6 is 11.6 Å². The number of rotatable bonds is 3. The van der Waals surface area contributed by atoms with Crippen LogP contribution in [0.1, 0.15) is 27.5 Å². The van der Waals surface area contributed by atoms with Gasteiger partial charge in [0.15, 0.2) is 0 Å². The largest absolute Gasteiger partial charge is 0.332 e. The highest BCUT2D eigenvalue weighted by atomic mass is 35.5. The fourth-order valence-corrected chi connectivity index (χ4v) is 4.36. The molecule has 0 aliphatic carbocycles. The molecule has 3 heterocycles. The van der Waals surface area contributed by atoms with Crippen LogP contribution in [-0.4, -0.2) is 38.0 Å². The molecule has 2 amide bonds. The molecule has 1 N–H and O–H groups in total. The molecule has 32 heavy (non-hydrogen) atoms. The zero-order valence-corrected chi connectivity index (χ0v) is 18.1. The lowest BCUT2D eigenvalue weighted by molar-refractivity contribution is -0.118. The molecule has 2 aromatic heterocycles. The van der Waals surface area contributed by atoms with Crippen LogP contribution < -0.4 is 5.32 Å². The van der Waals surface area contributed by atoms with Crippen molar-refractivity contribution in [2.75, 3.05) is 11.9 Å². The molecule has 0 spiro atoms. The lowest BCUT2D eigenvalue weighted by atomic mass is 9.88. The molecule has 1 aliphatic rings. The van der Waals surface area contributed by atoms with Crippen molar-refractivity contribution in [3.8, 4) is 0 Å². The highest BCUT2D eigenvalue weighted by Gasteiger charge is 2.34. The highest BCUT2D eigenvalue weighted by molar-refractivity contribution is 6.30. The number of benzene rings is 2. The number of nitrogens with zero attached hydrogens (tertiary/aromatic N) is 4. The van der Waals surface area contributed by atoms with Gasteiger partial charge in [0.1, 0.15) is 5.69 Å². The number of amides is 2. The predicted molar refractivity (Wildman–Crippen MR) is 123 cm³/mol. The van der Waals surface area contributed by atoms with E-state index in [-0.39, 0.29) is 18.4 Å². The molecular weight excluding hydrogens is 426 g/mol. The molecule has 0 bridgehead atoms. The van der Waals surface area contributed by atoms with Gasteiger partial charge >= 0.3 is 0 Å². The summed E-state index contributed by atoms with van der Waals surface area (Å²) in [5.74, 6) is -0.960. The Bertz CT molecular complexity index is 1340. The third-order valence-corrected chi connectivity index (χ3v) is 6.05. The summed E-state index contributed by atoms with van der Waals surface area (Å²) in [6, 6.07) is 14.9. The average Bonchev–Trinajstić information content (AvgIpc) is 3.24. The number of carbonyl (C=O) groups excluding carboxylic acids is 2. The molecular formula is C24H20ClN5O2. The zero-order chi connectivity index (χ0) is 22.2. The smallest absolute Gasteiger partial charge is 0.272 e. The van der Waals surface area contributed by atoms with Crippen molar-refractivity contribution < 1.29 is 9.59 Å². The third-order valence-electron chi connectivity index (χ3n) is 5.82. The standard InChI is InChI=1S/C24H20ClN5O2/c1-29-22(8-9-27-29)24(32)30-13-16-6-7-17(25)10-19(16)20(14-30)23(31)28-21-12-26-11-15-4-2-3-5-18(15)21/h2-12,20H,13-14H2,1H3,(H,28,31)/t20-/m1/s1. The number of carbonyl (C=O) groups is 2. The summed E-state index contributed by atoms with van der Waals surface area (Å²) >= 11 is 6.25. The van der Waals surface area contributed by atoms with Gasteiger partial charge in [0.2, 0.25) is 5.91 Å². The first-order valence-corrected chi connectivity index (χ1v) is 10.6. The maximum atomic E-state index is 13.5. The van der Waals surface area contributed by atoms with E-state index in [0.29, 0.717) is 22.9 Å². The van der Waals surface area contributed by atoms with E-state index < -0.39 is 5.92 Å². The number of fused-ring (bicyclic) bond motifs is 2. The van der Waals surface area contributed by atoms with Gasteiger partial charge in [-0.1, -0.05) is 41.9 Å². The Hall–Kier alpha value is -3.71. The van der Waals surface area contributed by atoms with E-state index >= 15 is 0 Å². The van der Waals surface area contributed by atoms with E-state index in [9.17, 15) is 9.59 Å². The first kappa shape index (κ1) is 20.2. The van der Waals surface area contributed by atoms with Crippen LogP contribution in [0.25, 0.3) is 10.8 Å². The molecule has 0 saturated heterocycles. The van der Waals surface area contributed by atoms with Crippen molar-refractivity contribution in [1.82, 2.24) is 19.7 Å². The number of nitrogens with one attached hydrogen (secondary N) is 1. The number of hydrogen-bond donors (Lipinski definition) is 1. The Morgan fingerprint density at radius 2 is 1.97 bits per heavy atom. The van der Waals surface area contributed by atoms with Gasteiger partial charge in [0.05, 0.1) is 17.8 Å². The molecule has 8 heteroatoms. The summed E-state index contributed by atoms with van der Waals surface area (Å²) in [6.07, 6.45) is 4.98. The van der Waals surface area contributed by atoms with Crippen molar-refractivity contribution >= 4 is 39.9 Å². The SMILES string of the molecule is Cn1nccc1C(=O)N1Cc2ccc(Cl)cc2[C@H](C(=O)Nc2cncc3ccccc23)C1. The first-order chi connectivity index (χ1) is 15.5. The van der Waals surface area contributed by atoms with Gasteiger partial charge < -0.3 is 10.2 Å². The Morgan fingerprint density at radius 3 is 2.78 bits per heavy atom. The molecule has 0 radical (unpaired) electrons. The molecule has 7 nitrogen and oxygen atoms in total. The molecule has 2 aromatic carbocycles. The number of aromatic nitrogens is 3. The normalized spacial score (nSPS) is 15.4. The van der Waals surface area contributed by atoms with Crippen molar-refractivity contribution in [2.45, 2.75) is 12.5 Å². The zero-order valence-electron chi connectivity index (χ0n) is 17.3. The molecule has 1 aliphatic heterocycles. The van der Waals surface area contributed by atoms with Gasteiger partial charge in [0.25, 0.3) is 5.91 Å². The maximum Gasteiger partial charge on any atom is 0.272 e. The van der Waals surface area contributed by atoms with E-state index in [0.717, 1.165) is 21.9 Å². The van der Waals surface area contributed by atoms with Gasteiger partial charge in [-0.25, -0.2) is 0 Å². The van der Waals surface area contributed by atoms with Crippen LogP contribution in [0.3, 0.4) is 0 Å². The number of halogens is 1. The molecule has 160 valence electrons. The summed E-state index contributed by atoms with van der Waals surface area (Å²) in [7, 11) is 1.72. The quantitative estimate of drug-likeness (QED) is 0.517. The summed E-state index contributed by atoms with van der Waals surface area (Å²) in [6.45, 7) is 0.636. The highest BCUT2D eigenvalue weighted by Crippen LogP contribution is 2.33. The Balaban J connectivity index is 1.49. The Morgan fingerprint density at radius 1 is 1.12 bits per heavy atom. The number of pyridine rings is 1. The van der Waals surface area contributed by atoms with Crippen molar-refractivity contribution in [3.05, 3.63) is 89.0 Å². The molecule has 5 rings (SSSR count). The van der Waals surface area contributed by atoms with E-state index in [1.807, 2.05) is 36.4 Å². The summed E-state index contributed by atoms with van der Waals surface area (Å²) in [4.78, 5) is 32.6. The summed E-state index contributed by atoms with van der Waals surface area (Å²) < 4.78 is 1.54. The van der Waals surface area contributed by atoms with E-state index in [1.54, 1.807) is 42.7 Å². The number of anilines is 1. The molecule has 0 saturated carbocycles. The monoisotopic (exact) mass is 445 g/mol. The lowest BCUT2D eigenvalue weighted by Gasteiger charge is -2.34. The number of aryl methyl sites for hydroxylation is 1. The van der Waals surface area contributed by atoms with Crippen LogP contribution in [0.15, 0.2) is 67.1 Å². The van der Waals surface area contributed by atoms with Gasteiger partial charge in [-0.15, -0.1) is 0 Å². The summed E-state index contributed by atoms with van der Waals surface area (Å²) in [5.41, 5.74) is 2.83. The second-order valence-corrected chi connectivity index (χ2v) is 8.26. The molecule has 1 atom stereocenters. The maximum absolute atomic E-state index is 13.5. The van der Waals surface area contributed by atoms with Gasteiger partial charge in [-0.05, 0) is 29.3 Å². The van der Waals surface area contributed by atoms with Gasteiger partial charge in [-0.2, -0.15) is 5.10 Å². The second kappa shape index (κ2) is 8.09. The second-order valence-electron chi connectivity index (χ2n) is 7.82. The Kier molecular flexibility index (Phi) is 5.11. The topological polar surface area (TPSA) is 80.1 Å². The summed E-state index contributed by atoms with van der Waals surface area (Å²) in [5, 5.41) is 9.51. The minimum atomic E-state index is -0.575. The van der Waals surface area contributed by atoms with Crippen LogP contribution in [0, 0.1) is 0 Å². The van der Waals surface area contributed by atoms with Gasteiger partial charge in [-0.3, -0.25) is 19.3 Å². The first-order valence-electron chi connectivity index (χ1n) is 10.2. The van der Waals surface area contributed by atoms with Crippen LogP contribution in [0.2, 0.25) is 5.02 Å². The van der Waals surface area contributed by atoms with Crippen LogP contribution in [0.4, 0.5) is 5.69 Å². The van der Waals surface area contributed by atoms with Gasteiger partial charge in [0, 0.05) is 48.3 Å². The third kappa shape index (κ3) is 3.61. The minimum Gasteiger partial charge on any atom is -0.332 e. The molecule has 4 aromatic rings. The average molecular weight is 446 g/mol. The Labute approximate surface area is 189 Å². The van der Waals surface area contributed by atoms with E-state index in [1.165, 1.54) is 4.68 Å². The fraction of sp³-hybridized carbons (Fsp3) is 0.167. The van der Waals surface area contributed by atoms with Crippen LogP contribution in [-0.2, 0) is 18.4 Å². The fourth-order valence-electron chi connectivity index (χ4n) is 4.18. The minimum absolute atomic E-state index is 0.171. The van der Waals surface area contributed by atoms with Crippen molar-refractivity contribution in [3.63, 3.8) is 0 Å². The molecule has 0 unspecified atom stereocenters. The van der Waals surface area contributed by atoms with E-state index in [2.05, 4.69) is 15.4 Å². The lowest BCUT2D eigenvalue weighted by Crippen LogP contribution is -2.42.